The number of hydrogen-bond donors (Lipinski definition) is 1. The van der Waals surface area contributed by atoms with E-state index in [9.17, 15) is 0 Å². The van der Waals surface area contributed by atoms with Crippen LogP contribution in [-0.4, -0.2) is 28.2 Å². The lowest BCUT2D eigenvalue weighted by Crippen LogP contribution is -2.01. The summed E-state index contributed by atoms with van der Waals surface area (Å²) in [5.41, 5.74) is 2.14. The first kappa shape index (κ1) is 17.2. The Bertz CT molecular complexity index is 1150. The van der Waals surface area contributed by atoms with Gasteiger partial charge in [-0.15, -0.1) is 0 Å². The summed E-state index contributed by atoms with van der Waals surface area (Å²) in [4.78, 5) is 0. The highest BCUT2D eigenvalue weighted by molar-refractivity contribution is 7.71. The number of methoxy groups -OCH3 is 1. The van der Waals surface area contributed by atoms with E-state index in [1.165, 1.54) is 16.3 Å². The molecule has 0 fully saturated rings. The zero-order chi connectivity index (χ0) is 18.6. The van der Waals surface area contributed by atoms with Gasteiger partial charge in [-0.3, -0.25) is 5.10 Å². The minimum absolute atomic E-state index is 0.468. The van der Waals surface area contributed by atoms with Gasteiger partial charge in [0, 0.05) is 6.42 Å². The number of rotatable bonds is 5. The molecule has 4 aromatic rings. The van der Waals surface area contributed by atoms with Gasteiger partial charge in [0.15, 0.2) is 5.82 Å². The Labute approximate surface area is 161 Å². The van der Waals surface area contributed by atoms with E-state index in [1.807, 2.05) is 36.4 Å². The summed E-state index contributed by atoms with van der Waals surface area (Å²) in [5, 5.41) is 14.1. The van der Waals surface area contributed by atoms with Crippen LogP contribution in [0.1, 0.15) is 17.0 Å². The molecule has 0 amide bonds. The van der Waals surface area contributed by atoms with Gasteiger partial charge in [-0.1, -0.05) is 42.5 Å². The lowest BCUT2D eigenvalue weighted by Gasteiger charge is -2.06. The van der Waals surface area contributed by atoms with Crippen LogP contribution in [0.5, 0.6) is 5.75 Å². The topological polar surface area (TPSA) is 55.2 Å². The van der Waals surface area contributed by atoms with E-state index in [-0.39, 0.29) is 0 Å². The number of aromatic nitrogens is 3. The molecule has 0 aliphatic heterocycles. The second kappa shape index (κ2) is 7.55. The van der Waals surface area contributed by atoms with Crippen molar-refractivity contribution in [3.8, 4) is 5.75 Å². The molecule has 1 aromatic heterocycles. The Kier molecular flexibility index (Phi) is 4.80. The van der Waals surface area contributed by atoms with Crippen molar-refractivity contribution in [2.24, 2.45) is 5.10 Å². The highest BCUT2D eigenvalue weighted by atomic mass is 32.1. The van der Waals surface area contributed by atoms with Crippen LogP contribution < -0.4 is 4.74 Å². The van der Waals surface area contributed by atoms with Crippen LogP contribution in [0.25, 0.3) is 10.8 Å². The number of hydrogen-bond acceptors (Lipinski definition) is 4. The predicted molar refractivity (Wildman–Crippen MR) is 110 cm³/mol. The molecule has 1 N–H and O–H groups in total. The molecule has 0 spiro atoms. The van der Waals surface area contributed by atoms with Gasteiger partial charge in [0.25, 0.3) is 0 Å². The van der Waals surface area contributed by atoms with E-state index in [0.717, 1.165) is 17.1 Å². The standard InChI is InChI=1S/C21H18N4OS/c1-26-18-11-9-15(10-12-18)14-22-25-20(23-24-21(25)27)13-17-7-4-6-16-5-2-3-8-19(16)17/h2-12,14H,13H2,1H3,(H,24,27)/b22-14-. The zero-order valence-electron chi connectivity index (χ0n) is 14.8. The quantitative estimate of drug-likeness (QED) is 0.411. The average Bonchev–Trinajstić information content (AvgIpc) is 3.06. The maximum atomic E-state index is 5.35. The van der Waals surface area contributed by atoms with Crippen LogP contribution in [0.15, 0.2) is 71.8 Å². The molecule has 27 heavy (non-hydrogen) atoms. The van der Waals surface area contributed by atoms with Crippen LogP contribution >= 0.6 is 12.2 Å². The van der Waals surface area contributed by atoms with Gasteiger partial charge in [-0.2, -0.15) is 14.9 Å². The molecule has 5 nitrogen and oxygen atoms in total. The summed E-state index contributed by atoms with van der Waals surface area (Å²) in [6.45, 7) is 0. The van der Waals surface area contributed by atoms with Gasteiger partial charge < -0.3 is 4.74 Å². The average molecular weight is 374 g/mol. The number of nitrogens with zero attached hydrogens (tertiary/aromatic N) is 3. The predicted octanol–water partition coefficient (Wildman–Crippen LogP) is 4.58. The number of aromatic amines is 1. The Morgan fingerprint density at radius 3 is 2.67 bits per heavy atom. The van der Waals surface area contributed by atoms with Crippen molar-refractivity contribution in [2.75, 3.05) is 7.11 Å². The normalized spacial score (nSPS) is 11.3. The van der Waals surface area contributed by atoms with Crippen molar-refractivity contribution < 1.29 is 4.74 Å². The van der Waals surface area contributed by atoms with Gasteiger partial charge in [0.2, 0.25) is 4.77 Å². The Morgan fingerprint density at radius 1 is 1.07 bits per heavy atom. The molecule has 0 bridgehead atoms. The molecule has 0 radical (unpaired) electrons. The lowest BCUT2D eigenvalue weighted by molar-refractivity contribution is 0.415. The van der Waals surface area contributed by atoms with E-state index in [2.05, 4.69) is 45.6 Å². The maximum Gasteiger partial charge on any atom is 0.216 e. The minimum atomic E-state index is 0.468. The molecule has 0 saturated carbocycles. The third-order valence-electron chi connectivity index (χ3n) is 4.38. The van der Waals surface area contributed by atoms with Crippen LogP contribution in [0.3, 0.4) is 0 Å². The van der Waals surface area contributed by atoms with Crippen molar-refractivity contribution in [2.45, 2.75) is 6.42 Å². The SMILES string of the molecule is COc1ccc(/C=N\n2c(Cc3cccc4ccccc34)n[nH]c2=S)cc1. The number of nitrogens with one attached hydrogen (secondary N) is 1. The van der Waals surface area contributed by atoms with Crippen LogP contribution in [0, 0.1) is 4.77 Å². The van der Waals surface area contributed by atoms with Crippen molar-refractivity contribution in [3.63, 3.8) is 0 Å². The fourth-order valence-electron chi connectivity index (χ4n) is 2.99. The summed E-state index contributed by atoms with van der Waals surface area (Å²) < 4.78 is 7.31. The van der Waals surface area contributed by atoms with Crippen molar-refractivity contribution >= 4 is 29.2 Å². The molecular weight excluding hydrogens is 356 g/mol. The van der Waals surface area contributed by atoms with Gasteiger partial charge in [-0.25, -0.2) is 0 Å². The summed E-state index contributed by atoms with van der Waals surface area (Å²) in [5.74, 6) is 1.57. The number of fused-ring (bicyclic) bond motifs is 1. The van der Waals surface area contributed by atoms with E-state index in [4.69, 9.17) is 17.0 Å². The molecule has 0 atom stereocenters. The van der Waals surface area contributed by atoms with E-state index in [0.29, 0.717) is 11.2 Å². The summed E-state index contributed by atoms with van der Waals surface area (Å²) in [7, 11) is 1.65. The van der Waals surface area contributed by atoms with Gasteiger partial charge in [0.05, 0.1) is 13.3 Å². The fraction of sp³-hybridized carbons (Fsp3) is 0.0952. The van der Waals surface area contributed by atoms with Crippen molar-refractivity contribution in [1.82, 2.24) is 14.9 Å². The smallest absolute Gasteiger partial charge is 0.216 e. The van der Waals surface area contributed by atoms with Gasteiger partial charge in [0.1, 0.15) is 5.75 Å². The molecule has 134 valence electrons. The van der Waals surface area contributed by atoms with Crippen molar-refractivity contribution in [3.05, 3.63) is 88.5 Å². The first-order chi connectivity index (χ1) is 13.2. The molecule has 0 aliphatic rings. The largest absolute Gasteiger partial charge is 0.497 e. The Balaban J connectivity index is 1.65. The number of H-pyrrole nitrogens is 1. The molecule has 0 unspecified atom stereocenters. The fourth-order valence-corrected chi connectivity index (χ4v) is 3.19. The second-order valence-corrected chi connectivity index (χ2v) is 6.48. The van der Waals surface area contributed by atoms with E-state index >= 15 is 0 Å². The van der Waals surface area contributed by atoms with Crippen molar-refractivity contribution in [1.29, 1.82) is 0 Å². The summed E-state index contributed by atoms with van der Waals surface area (Å²) in [6, 6.07) is 22.3. The lowest BCUT2D eigenvalue weighted by atomic mass is 10.0. The molecule has 6 heteroatoms. The van der Waals surface area contributed by atoms with Gasteiger partial charge in [-0.05, 0) is 58.4 Å². The van der Waals surface area contributed by atoms with Crippen LogP contribution in [0.2, 0.25) is 0 Å². The minimum Gasteiger partial charge on any atom is -0.497 e. The molecule has 0 saturated heterocycles. The molecule has 1 heterocycles. The molecule has 0 aliphatic carbocycles. The van der Waals surface area contributed by atoms with Gasteiger partial charge >= 0.3 is 0 Å². The zero-order valence-corrected chi connectivity index (χ0v) is 15.6. The van der Waals surface area contributed by atoms with E-state index < -0.39 is 0 Å². The number of benzene rings is 3. The third-order valence-corrected chi connectivity index (χ3v) is 4.65. The monoisotopic (exact) mass is 374 g/mol. The molecule has 3 aromatic carbocycles. The molecular formula is C21H18N4OS. The number of ether oxygens (including phenoxy) is 1. The first-order valence-corrected chi connectivity index (χ1v) is 8.97. The maximum absolute atomic E-state index is 5.35. The Hall–Kier alpha value is -3.25. The summed E-state index contributed by atoms with van der Waals surface area (Å²) >= 11 is 5.35. The highest BCUT2D eigenvalue weighted by Crippen LogP contribution is 2.21. The second-order valence-electron chi connectivity index (χ2n) is 6.09. The van der Waals surface area contributed by atoms with E-state index in [1.54, 1.807) is 18.0 Å². The Morgan fingerprint density at radius 2 is 1.85 bits per heavy atom. The third kappa shape index (κ3) is 3.66. The highest BCUT2D eigenvalue weighted by Gasteiger charge is 2.09. The summed E-state index contributed by atoms with van der Waals surface area (Å²) in [6.07, 6.45) is 2.39. The molecule has 4 rings (SSSR count). The first-order valence-electron chi connectivity index (χ1n) is 8.56. The van der Waals surface area contributed by atoms with Crippen LogP contribution in [-0.2, 0) is 6.42 Å². The van der Waals surface area contributed by atoms with Crippen LogP contribution in [0.4, 0.5) is 0 Å².